The lowest BCUT2D eigenvalue weighted by Crippen LogP contribution is -2.29. The van der Waals surface area contributed by atoms with Crippen LogP contribution in [0.1, 0.15) is 34.7 Å². The minimum Gasteiger partial charge on any atom is -0.484 e. The third-order valence-corrected chi connectivity index (χ3v) is 7.35. The van der Waals surface area contributed by atoms with E-state index in [0.29, 0.717) is 16.5 Å². The number of rotatable bonds is 8. The summed E-state index contributed by atoms with van der Waals surface area (Å²) >= 11 is 5.89. The van der Waals surface area contributed by atoms with Gasteiger partial charge in [0.1, 0.15) is 18.4 Å². The summed E-state index contributed by atoms with van der Waals surface area (Å²) in [5.41, 5.74) is 5.60. The molecule has 6 rings (SSSR count). The number of aromatic nitrogens is 5. The van der Waals surface area contributed by atoms with Crippen molar-refractivity contribution in [1.29, 1.82) is 0 Å². The fraction of sp³-hybridized carbons (Fsp3) is 0.167. The molecule has 206 valence electrons. The maximum absolute atomic E-state index is 12.5. The number of nitrogens with one attached hydrogen (secondary N) is 2. The zero-order valence-electron chi connectivity index (χ0n) is 22.5. The van der Waals surface area contributed by atoms with Crippen molar-refractivity contribution in [2.24, 2.45) is 0 Å². The van der Waals surface area contributed by atoms with Crippen LogP contribution in [0.2, 0.25) is 0 Å². The lowest BCUT2D eigenvalue weighted by molar-refractivity contribution is -0.118. The highest BCUT2D eigenvalue weighted by atomic mass is 32.1. The first-order valence-electron chi connectivity index (χ1n) is 13.1. The summed E-state index contributed by atoms with van der Waals surface area (Å²) in [6.45, 7) is 4.05. The Kier molecular flexibility index (Phi) is 7.17. The van der Waals surface area contributed by atoms with E-state index in [2.05, 4.69) is 55.3 Å². The fourth-order valence-electron chi connectivity index (χ4n) is 5.25. The van der Waals surface area contributed by atoms with E-state index in [0.717, 1.165) is 28.3 Å². The van der Waals surface area contributed by atoms with E-state index in [-0.39, 0.29) is 24.6 Å². The van der Waals surface area contributed by atoms with Crippen LogP contribution in [0.15, 0.2) is 97.7 Å². The third-order valence-electron chi connectivity index (χ3n) is 7.03. The SMILES string of the molecule is Cc1cc([C@@H]2[C@@H](c3ccccn3)NC(=S)N2c2ccc(NC(=O)COc3ccccc3)cc2)c(C)n1-n1cnnc1. The van der Waals surface area contributed by atoms with Crippen molar-refractivity contribution in [2.75, 3.05) is 16.8 Å². The predicted octanol–water partition coefficient (Wildman–Crippen LogP) is 4.60. The number of carbonyl (C=O) groups is 1. The van der Waals surface area contributed by atoms with Crippen LogP contribution in [0.25, 0.3) is 0 Å². The van der Waals surface area contributed by atoms with E-state index in [1.54, 1.807) is 18.9 Å². The number of para-hydroxylation sites is 1. The quantitative estimate of drug-likeness (QED) is 0.264. The van der Waals surface area contributed by atoms with E-state index in [1.807, 2.05) is 77.5 Å². The van der Waals surface area contributed by atoms with Gasteiger partial charge in [-0.3, -0.25) is 14.5 Å². The molecule has 2 N–H and O–H groups in total. The van der Waals surface area contributed by atoms with E-state index < -0.39 is 0 Å². The van der Waals surface area contributed by atoms with Gasteiger partial charge in [-0.2, -0.15) is 0 Å². The summed E-state index contributed by atoms with van der Waals surface area (Å²) in [4.78, 5) is 19.2. The van der Waals surface area contributed by atoms with Gasteiger partial charge in [-0.05, 0) is 80.7 Å². The fourth-order valence-corrected chi connectivity index (χ4v) is 5.59. The van der Waals surface area contributed by atoms with Gasteiger partial charge >= 0.3 is 0 Å². The molecule has 1 aliphatic rings. The van der Waals surface area contributed by atoms with Crippen molar-refractivity contribution in [3.8, 4) is 5.75 Å². The van der Waals surface area contributed by atoms with Gasteiger partial charge < -0.3 is 20.3 Å². The number of nitrogens with zero attached hydrogens (tertiary/aromatic N) is 6. The van der Waals surface area contributed by atoms with Gasteiger partial charge in [0.2, 0.25) is 0 Å². The Morgan fingerprint density at radius 2 is 1.73 bits per heavy atom. The minimum atomic E-state index is -0.241. The van der Waals surface area contributed by atoms with E-state index in [4.69, 9.17) is 17.0 Å². The zero-order chi connectivity index (χ0) is 28.3. The Balaban J connectivity index is 1.29. The molecular formula is C30H28N8O2S. The number of ether oxygens (including phenoxy) is 1. The van der Waals surface area contributed by atoms with Crippen LogP contribution in [-0.4, -0.2) is 42.2 Å². The largest absolute Gasteiger partial charge is 0.484 e. The number of thiocarbonyl (C=S) groups is 1. The highest BCUT2D eigenvalue weighted by Crippen LogP contribution is 2.43. The first-order chi connectivity index (χ1) is 20.0. The molecule has 5 aromatic rings. The predicted molar refractivity (Wildman–Crippen MR) is 160 cm³/mol. The smallest absolute Gasteiger partial charge is 0.262 e. The highest BCUT2D eigenvalue weighted by molar-refractivity contribution is 7.80. The summed E-state index contributed by atoms with van der Waals surface area (Å²) in [7, 11) is 0. The average Bonchev–Trinajstić information content (AvgIpc) is 3.71. The molecule has 2 aromatic carbocycles. The molecule has 3 aromatic heterocycles. The Morgan fingerprint density at radius 1 is 1.00 bits per heavy atom. The second kappa shape index (κ2) is 11.2. The van der Waals surface area contributed by atoms with Crippen LogP contribution in [0.3, 0.4) is 0 Å². The zero-order valence-corrected chi connectivity index (χ0v) is 23.3. The molecule has 0 spiro atoms. The van der Waals surface area contributed by atoms with Gasteiger partial charge in [0.25, 0.3) is 5.91 Å². The minimum absolute atomic E-state index is 0.0816. The van der Waals surface area contributed by atoms with Gasteiger partial charge in [-0.25, -0.2) is 4.68 Å². The maximum atomic E-state index is 12.5. The molecule has 0 unspecified atom stereocenters. The average molecular weight is 565 g/mol. The molecule has 1 amide bonds. The van der Waals surface area contributed by atoms with E-state index in [9.17, 15) is 4.79 Å². The molecule has 10 nitrogen and oxygen atoms in total. The van der Waals surface area contributed by atoms with Crippen LogP contribution < -0.4 is 20.3 Å². The molecule has 1 fully saturated rings. The Morgan fingerprint density at radius 3 is 2.44 bits per heavy atom. The van der Waals surface area contributed by atoms with Gasteiger partial charge in [0.15, 0.2) is 11.7 Å². The van der Waals surface area contributed by atoms with Crippen LogP contribution in [-0.2, 0) is 4.79 Å². The summed E-state index contributed by atoms with van der Waals surface area (Å²) in [6.07, 6.45) is 5.14. The molecule has 1 aliphatic heterocycles. The molecule has 41 heavy (non-hydrogen) atoms. The standard InChI is InChI=1S/C30H28N8O2S/c1-20-16-25(21(2)38(20)36-18-32-33-19-36)29-28(26-10-6-7-15-31-26)35-30(41)37(29)23-13-11-22(12-14-23)34-27(39)17-40-24-8-4-3-5-9-24/h3-16,18-19,28-29H,17H2,1-2H3,(H,34,39)(H,35,41)/t28-,29-/m1/s1. The maximum Gasteiger partial charge on any atom is 0.262 e. The third kappa shape index (κ3) is 5.27. The molecule has 0 saturated carbocycles. The molecule has 0 bridgehead atoms. The van der Waals surface area contributed by atoms with Crippen molar-refractivity contribution in [3.63, 3.8) is 0 Å². The molecule has 2 atom stereocenters. The summed E-state index contributed by atoms with van der Waals surface area (Å²) in [5, 5.41) is 15.0. The van der Waals surface area contributed by atoms with Gasteiger partial charge in [-0.15, -0.1) is 10.2 Å². The topological polar surface area (TPSA) is 102 Å². The number of amides is 1. The first-order valence-corrected chi connectivity index (χ1v) is 13.5. The highest BCUT2D eigenvalue weighted by Gasteiger charge is 2.42. The summed E-state index contributed by atoms with van der Waals surface area (Å²) < 4.78 is 9.49. The summed E-state index contributed by atoms with van der Waals surface area (Å²) in [6, 6.07) is 24.6. The molecule has 1 saturated heterocycles. The van der Waals surface area contributed by atoms with Gasteiger partial charge in [0.05, 0.1) is 17.8 Å². The molecular weight excluding hydrogens is 536 g/mol. The molecule has 4 heterocycles. The van der Waals surface area contributed by atoms with E-state index in [1.165, 1.54) is 0 Å². The number of pyridine rings is 1. The van der Waals surface area contributed by atoms with Crippen LogP contribution in [0, 0.1) is 13.8 Å². The van der Waals surface area contributed by atoms with Crippen molar-refractivity contribution in [2.45, 2.75) is 25.9 Å². The van der Waals surface area contributed by atoms with Crippen molar-refractivity contribution in [3.05, 3.63) is 120 Å². The summed E-state index contributed by atoms with van der Waals surface area (Å²) in [5.74, 6) is 0.402. The first kappa shape index (κ1) is 26.2. The molecule has 0 aliphatic carbocycles. The number of hydrogen-bond acceptors (Lipinski definition) is 6. The van der Waals surface area contributed by atoms with Crippen LogP contribution >= 0.6 is 12.2 Å². The van der Waals surface area contributed by atoms with Gasteiger partial charge in [-0.1, -0.05) is 24.3 Å². The normalized spacial score (nSPS) is 16.4. The number of anilines is 2. The monoisotopic (exact) mass is 564 g/mol. The van der Waals surface area contributed by atoms with Gasteiger partial charge in [0, 0.05) is 34.5 Å². The molecule has 0 radical (unpaired) electrons. The Labute approximate surface area is 242 Å². The second-order valence-electron chi connectivity index (χ2n) is 9.67. The van der Waals surface area contributed by atoms with Crippen molar-refractivity contribution >= 4 is 34.6 Å². The lowest BCUT2D eigenvalue weighted by atomic mass is 9.96. The number of benzene rings is 2. The van der Waals surface area contributed by atoms with Crippen LogP contribution in [0.4, 0.5) is 11.4 Å². The van der Waals surface area contributed by atoms with Crippen molar-refractivity contribution in [1.82, 2.24) is 29.9 Å². The van der Waals surface area contributed by atoms with Crippen molar-refractivity contribution < 1.29 is 9.53 Å². The van der Waals surface area contributed by atoms with E-state index >= 15 is 0 Å². The number of carbonyl (C=O) groups excluding carboxylic acids is 1. The molecule has 11 heteroatoms. The Bertz CT molecular complexity index is 1650. The Hall–Kier alpha value is -5.03. The van der Waals surface area contributed by atoms with Crippen LogP contribution in [0.5, 0.6) is 5.75 Å². The number of hydrogen-bond donors (Lipinski definition) is 2. The number of aryl methyl sites for hydroxylation is 1. The lowest BCUT2D eigenvalue weighted by Gasteiger charge is -2.28. The second-order valence-corrected chi connectivity index (χ2v) is 10.1.